The molecule has 133 valence electrons. The topological polar surface area (TPSA) is 40.5 Å². The van der Waals surface area contributed by atoms with E-state index in [-0.39, 0.29) is 41.8 Å². The van der Waals surface area contributed by atoms with Crippen LogP contribution >= 0.6 is 0 Å². The molecule has 0 saturated heterocycles. The second-order valence-corrected chi connectivity index (χ2v) is 10.1. The molecular weight excluding hydrogens is 307 g/mol. The van der Waals surface area contributed by atoms with E-state index in [0.29, 0.717) is 16.7 Å². The first-order valence-electron chi connectivity index (χ1n) is 10.2. The molecule has 1 radical (unpaired) electrons. The minimum absolute atomic E-state index is 0. The SMILES string of the molecule is C[C@H](O)[C@H]1CC[C@H]2[C@@H]3CC[C@@H]4C[C@H](O)CC[C@]4(C)[C@H]3CC[C@]12C.[Na]. The Bertz CT molecular complexity index is 467. The molecule has 4 rings (SSSR count). The van der Waals surface area contributed by atoms with Crippen molar-refractivity contribution in [2.45, 2.75) is 90.8 Å². The van der Waals surface area contributed by atoms with Gasteiger partial charge in [0, 0.05) is 29.6 Å². The Hall–Kier alpha value is 0.920. The molecule has 24 heavy (non-hydrogen) atoms. The van der Waals surface area contributed by atoms with Crippen LogP contribution in [0.4, 0.5) is 0 Å². The zero-order valence-corrected chi connectivity index (χ0v) is 18.3. The molecule has 0 heterocycles. The summed E-state index contributed by atoms with van der Waals surface area (Å²) in [5.41, 5.74) is 0.860. The summed E-state index contributed by atoms with van der Waals surface area (Å²) in [6.45, 7) is 7.08. The normalized spacial score (nSPS) is 54.9. The zero-order valence-electron chi connectivity index (χ0n) is 16.3. The third-order valence-electron chi connectivity index (χ3n) is 9.29. The molecule has 4 fully saturated rings. The summed E-state index contributed by atoms with van der Waals surface area (Å²) < 4.78 is 0. The largest absolute Gasteiger partial charge is 0.393 e. The zero-order chi connectivity index (χ0) is 16.4. The van der Waals surface area contributed by atoms with Gasteiger partial charge in [-0.25, -0.2) is 0 Å². The molecule has 9 atom stereocenters. The van der Waals surface area contributed by atoms with E-state index in [4.69, 9.17) is 0 Å². The van der Waals surface area contributed by atoms with Gasteiger partial charge in [0.2, 0.25) is 0 Å². The first-order chi connectivity index (χ1) is 10.9. The van der Waals surface area contributed by atoms with Crippen LogP contribution in [0.1, 0.15) is 78.6 Å². The molecule has 4 aliphatic carbocycles. The Morgan fingerprint density at radius 1 is 0.875 bits per heavy atom. The summed E-state index contributed by atoms with van der Waals surface area (Å²) in [6.07, 6.45) is 11.1. The van der Waals surface area contributed by atoms with E-state index < -0.39 is 0 Å². The van der Waals surface area contributed by atoms with Crippen molar-refractivity contribution in [3.8, 4) is 0 Å². The van der Waals surface area contributed by atoms with Gasteiger partial charge in [-0.05, 0) is 105 Å². The van der Waals surface area contributed by atoms with E-state index in [1.807, 2.05) is 6.92 Å². The molecule has 0 aromatic rings. The van der Waals surface area contributed by atoms with Gasteiger partial charge in [-0.2, -0.15) is 0 Å². The van der Waals surface area contributed by atoms with Crippen LogP contribution in [-0.2, 0) is 0 Å². The maximum absolute atomic E-state index is 10.3. The van der Waals surface area contributed by atoms with Crippen LogP contribution in [0.15, 0.2) is 0 Å². The van der Waals surface area contributed by atoms with Gasteiger partial charge in [-0.3, -0.25) is 0 Å². The summed E-state index contributed by atoms with van der Waals surface area (Å²) in [5.74, 6) is 3.87. The Kier molecular flexibility index (Phi) is 5.59. The minimum Gasteiger partial charge on any atom is -0.393 e. The van der Waals surface area contributed by atoms with Gasteiger partial charge < -0.3 is 10.2 Å². The molecule has 4 aliphatic rings. The summed E-state index contributed by atoms with van der Waals surface area (Å²) in [6, 6.07) is 0. The molecule has 0 aromatic carbocycles. The van der Waals surface area contributed by atoms with Crippen molar-refractivity contribution >= 4 is 29.6 Å². The van der Waals surface area contributed by atoms with Crippen molar-refractivity contribution in [1.82, 2.24) is 0 Å². The van der Waals surface area contributed by atoms with Crippen molar-refractivity contribution in [3.63, 3.8) is 0 Å². The van der Waals surface area contributed by atoms with Gasteiger partial charge in [0.05, 0.1) is 12.2 Å². The van der Waals surface area contributed by atoms with Gasteiger partial charge in [0.1, 0.15) is 0 Å². The number of aliphatic hydroxyl groups is 2. The molecule has 4 saturated carbocycles. The summed E-state index contributed by atoms with van der Waals surface area (Å²) >= 11 is 0. The van der Waals surface area contributed by atoms with Crippen LogP contribution < -0.4 is 0 Å². The van der Waals surface area contributed by atoms with E-state index in [9.17, 15) is 10.2 Å². The maximum atomic E-state index is 10.3. The van der Waals surface area contributed by atoms with Crippen molar-refractivity contribution in [2.75, 3.05) is 0 Å². The van der Waals surface area contributed by atoms with Crippen LogP contribution in [-0.4, -0.2) is 52.0 Å². The van der Waals surface area contributed by atoms with Gasteiger partial charge in [0.25, 0.3) is 0 Å². The number of hydrogen-bond donors (Lipinski definition) is 2. The molecule has 0 aromatic heterocycles. The van der Waals surface area contributed by atoms with Crippen molar-refractivity contribution in [2.24, 2.45) is 40.4 Å². The van der Waals surface area contributed by atoms with Gasteiger partial charge in [-0.15, -0.1) is 0 Å². The maximum Gasteiger partial charge on any atom is 0.0545 e. The number of hydrogen-bond acceptors (Lipinski definition) is 2. The Balaban J connectivity index is 0.00000169. The Morgan fingerprint density at radius 2 is 1.54 bits per heavy atom. The summed E-state index contributed by atoms with van der Waals surface area (Å²) in [7, 11) is 0. The van der Waals surface area contributed by atoms with Crippen molar-refractivity contribution in [3.05, 3.63) is 0 Å². The molecule has 3 heteroatoms. The average molecular weight is 344 g/mol. The van der Waals surface area contributed by atoms with Gasteiger partial charge >= 0.3 is 0 Å². The van der Waals surface area contributed by atoms with Crippen LogP contribution in [0.2, 0.25) is 0 Å². The molecule has 0 unspecified atom stereocenters. The molecule has 2 N–H and O–H groups in total. The Morgan fingerprint density at radius 3 is 2.25 bits per heavy atom. The summed E-state index contributed by atoms with van der Waals surface area (Å²) in [5, 5.41) is 20.4. The molecule has 0 spiro atoms. The standard InChI is InChI=1S/C21H36O2.Na/c1-13(22)17-6-7-18-16-5-4-14-12-15(23)8-10-20(14,2)19(16)9-11-21(17,18)3;/h13-19,22-23H,4-12H2,1-3H3;/t13-,14+,15+,16-,17+,18-,19-,20-,21+;/m0./s1. The third kappa shape index (κ3) is 2.78. The third-order valence-corrected chi connectivity index (χ3v) is 9.29. The summed E-state index contributed by atoms with van der Waals surface area (Å²) in [4.78, 5) is 0. The fourth-order valence-corrected chi connectivity index (χ4v) is 8.07. The number of rotatable bonds is 1. The molecule has 0 aliphatic heterocycles. The van der Waals surface area contributed by atoms with E-state index >= 15 is 0 Å². The molecule has 0 amide bonds. The van der Waals surface area contributed by atoms with E-state index in [1.165, 1.54) is 44.9 Å². The second kappa shape index (κ2) is 6.82. The Labute approximate surface area is 170 Å². The first-order valence-corrected chi connectivity index (χ1v) is 10.2. The smallest absolute Gasteiger partial charge is 0.0545 e. The van der Waals surface area contributed by atoms with Gasteiger partial charge in [0.15, 0.2) is 0 Å². The van der Waals surface area contributed by atoms with Crippen LogP contribution in [0.25, 0.3) is 0 Å². The van der Waals surface area contributed by atoms with Crippen molar-refractivity contribution < 1.29 is 10.2 Å². The fraction of sp³-hybridized carbons (Fsp3) is 1.00. The molecule has 2 nitrogen and oxygen atoms in total. The van der Waals surface area contributed by atoms with Crippen LogP contribution in [0.3, 0.4) is 0 Å². The second-order valence-electron chi connectivity index (χ2n) is 10.1. The fourth-order valence-electron chi connectivity index (χ4n) is 8.07. The van der Waals surface area contributed by atoms with Gasteiger partial charge in [-0.1, -0.05) is 13.8 Å². The first kappa shape index (κ1) is 19.7. The van der Waals surface area contributed by atoms with Crippen molar-refractivity contribution in [1.29, 1.82) is 0 Å². The van der Waals surface area contributed by atoms with Crippen LogP contribution in [0.5, 0.6) is 0 Å². The van der Waals surface area contributed by atoms with E-state index in [2.05, 4.69) is 13.8 Å². The quantitative estimate of drug-likeness (QED) is 0.706. The van der Waals surface area contributed by atoms with E-state index in [1.54, 1.807) is 0 Å². The monoisotopic (exact) mass is 343 g/mol. The van der Waals surface area contributed by atoms with Crippen LogP contribution in [0, 0.1) is 40.4 Å². The number of aliphatic hydroxyl groups excluding tert-OH is 2. The average Bonchev–Trinajstić information content (AvgIpc) is 2.85. The number of fused-ring (bicyclic) bond motifs is 5. The predicted molar refractivity (Wildman–Crippen MR) is 98.7 cm³/mol. The molecule has 0 bridgehead atoms. The molecular formula is C21H36NaO2. The minimum atomic E-state index is -0.140. The predicted octanol–water partition coefficient (Wildman–Crippen LogP) is 4.01. The van der Waals surface area contributed by atoms with E-state index in [0.717, 1.165) is 36.5 Å².